The van der Waals surface area contributed by atoms with Gasteiger partial charge in [0.2, 0.25) is 0 Å². The molecule has 3 heteroatoms. The van der Waals surface area contributed by atoms with Crippen molar-refractivity contribution in [2.45, 2.75) is 50.6 Å². The van der Waals surface area contributed by atoms with E-state index in [9.17, 15) is 0 Å². The lowest BCUT2D eigenvalue weighted by atomic mass is 9.88. The van der Waals surface area contributed by atoms with Crippen LogP contribution in [0.5, 0.6) is 0 Å². The first kappa shape index (κ1) is 14.3. The van der Waals surface area contributed by atoms with Crippen LogP contribution in [0.4, 0.5) is 0 Å². The van der Waals surface area contributed by atoms with Crippen LogP contribution in [0.25, 0.3) is 0 Å². The highest BCUT2D eigenvalue weighted by molar-refractivity contribution is 4.87. The highest BCUT2D eigenvalue weighted by atomic mass is 15.2. The summed E-state index contributed by atoms with van der Waals surface area (Å²) in [6.45, 7) is 3.88. The average molecular weight is 253 g/mol. The number of likely N-dealkylation sites (tertiary alicyclic amines) is 1. The van der Waals surface area contributed by atoms with E-state index < -0.39 is 0 Å². The molecule has 106 valence electrons. The summed E-state index contributed by atoms with van der Waals surface area (Å²) in [6.07, 6.45) is 8.34. The van der Waals surface area contributed by atoms with Gasteiger partial charge in [-0.25, -0.2) is 0 Å². The van der Waals surface area contributed by atoms with Crippen LogP contribution in [0.2, 0.25) is 0 Å². The van der Waals surface area contributed by atoms with Crippen LogP contribution >= 0.6 is 0 Å². The van der Waals surface area contributed by atoms with Crippen LogP contribution < -0.4 is 5.32 Å². The Labute approximate surface area is 113 Å². The second-order valence-electron chi connectivity index (χ2n) is 6.43. The molecule has 2 fully saturated rings. The minimum atomic E-state index is 0.718. The molecule has 2 unspecified atom stereocenters. The first-order valence-electron chi connectivity index (χ1n) is 7.76. The van der Waals surface area contributed by atoms with Crippen LogP contribution in [0.15, 0.2) is 0 Å². The molecule has 0 spiro atoms. The third-order valence-electron chi connectivity index (χ3n) is 5.05. The van der Waals surface area contributed by atoms with Crippen molar-refractivity contribution in [3.63, 3.8) is 0 Å². The number of likely N-dealkylation sites (N-methyl/N-ethyl adjacent to an activating group) is 2. The van der Waals surface area contributed by atoms with Gasteiger partial charge in [0, 0.05) is 18.6 Å². The van der Waals surface area contributed by atoms with Gasteiger partial charge in [-0.2, -0.15) is 0 Å². The van der Waals surface area contributed by atoms with Gasteiger partial charge in [0.15, 0.2) is 0 Å². The van der Waals surface area contributed by atoms with E-state index in [2.05, 4.69) is 36.3 Å². The monoisotopic (exact) mass is 253 g/mol. The van der Waals surface area contributed by atoms with Crippen molar-refractivity contribution in [3.05, 3.63) is 0 Å². The van der Waals surface area contributed by atoms with Crippen LogP contribution in [0.1, 0.15) is 38.5 Å². The van der Waals surface area contributed by atoms with Gasteiger partial charge in [-0.05, 0) is 65.8 Å². The summed E-state index contributed by atoms with van der Waals surface area (Å²) in [5.74, 6) is 0.922. The summed E-state index contributed by atoms with van der Waals surface area (Å²) in [5, 5.41) is 3.53. The molecule has 0 aromatic carbocycles. The first-order chi connectivity index (χ1) is 8.70. The fourth-order valence-corrected chi connectivity index (χ4v) is 3.76. The topological polar surface area (TPSA) is 18.5 Å². The number of hydrogen-bond donors (Lipinski definition) is 1. The summed E-state index contributed by atoms with van der Waals surface area (Å²) >= 11 is 0. The number of hydrogen-bond acceptors (Lipinski definition) is 3. The lowest BCUT2D eigenvalue weighted by molar-refractivity contribution is 0.110. The molecule has 0 aromatic rings. The van der Waals surface area contributed by atoms with E-state index in [4.69, 9.17) is 0 Å². The molecule has 1 N–H and O–H groups in total. The largest absolute Gasteiger partial charge is 0.315 e. The van der Waals surface area contributed by atoms with E-state index in [0.29, 0.717) is 0 Å². The summed E-state index contributed by atoms with van der Waals surface area (Å²) in [6, 6.07) is 1.48. The molecule has 1 saturated heterocycles. The van der Waals surface area contributed by atoms with Crippen LogP contribution in [0, 0.1) is 5.92 Å². The Morgan fingerprint density at radius 1 is 1.11 bits per heavy atom. The number of piperidine rings is 1. The normalized spacial score (nSPS) is 32.0. The maximum absolute atomic E-state index is 3.53. The van der Waals surface area contributed by atoms with E-state index in [1.807, 2.05) is 0 Å². The van der Waals surface area contributed by atoms with E-state index >= 15 is 0 Å². The minimum Gasteiger partial charge on any atom is -0.315 e. The Hall–Kier alpha value is -0.120. The van der Waals surface area contributed by atoms with Gasteiger partial charge in [0.25, 0.3) is 0 Å². The van der Waals surface area contributed by atoms with Crippen LogP contribution in [-0.4, -0.2) is 62.7 Å². The number of nitrogens with one attached hydrogen (secondary N) is 1. The predicted molar refractivity (Wildman–Crippen MR) is 78.0 cm³/mol. The molecule has 2 aliphatic rings. The summed E-state index contributed by atoms with van der Waals surface area (Å²) in [4.78, 5) is 5.11. The lowest BCUT2D eigenvalue weighted by Gasteiger charge is -2.40. The lowest BCUT2D eigenvalue weighted by Crippen LogP contribution is -2.51. The van der Waals surface area contributed by atoms with Crippen molar-refractivity contribution in [2.75, 3.05) is 40.8 Å². The SMILES string of the molecule is CNC1CCCCC1N(C)CC1CCN(C)CC1. The summed E-state index contributed by atoms with van der Waals surface area (Å²) in [7, 11) is 6.73. The molecule has 2 rings (SSSR count). The molecular weight excluding hydrogens is 222 g/mol. The molecule has 18 heavy (non-hydrogen) atoms. The maximum Gasteiger partial charge on any atom is 0.0246 e. The summed E-state index contributed by atoms with van der Waals surface area (Å²) < 4.78 is 0. The molecule has 1 heterocycles. The fraction of sp³-hybridized carbons (Fsp3) is 1.00. The quantitative estimate of drug-likeness (QED) is 0.824. The van der Waals surface area contributed by atoms with Gasteiger partial charge >= 0.3 is 0 Å². The Bertz CT molecular complexity index is 236. The first-order valence-corrected chi connectivity index (χ1v) is 7.76. The molecule has 1 saturated carbocycles. The van der Waals surface area contributed by atoms with E-state index in [-0.39, 0.29) is 0 Å². The van der Waals surface area contributed by atoms with Crippen molar-refractivity contribution >= 4 is 0 Å². The highest BCUT2D eigenvalue weighted by Crippen LogP contribution is 2.25. The molecule has 3 nitrogen and oxygen atoms in total. The number of rotatable bonds is 4. The van der Waals surface area contributed by atoms with Crippen LogP contribution in [-0.2, 0) is 0 Å². The van der Waals surface area contributed by atoms with Gasteiger partial charge in [0.1, 0.15) is 0 Å². The van der Waals surface area contributed by atoms with Gasteiger partial charge in [-0.15, -0.1) is 0 Å². The van der Waals surface area contributed by atoms with Crippen molar-refractivity contribution in [1.82, 2.24) is 15.1 Å². The molecular formula is C15H31N3. The maximum atomic E-state index is 3.53. The molecule has 0 radical (unpaired) electrons. The Morgan fingerprint density at radius 3 is 2.44 bits per heavy atom. The van der Waals surface area contributed by atoms with Crippen molar-refractivity contribution < 1.29 is 0 Å². The average Bonchev–Trinajstić information content (AvgIpc) is 2.41. The van der Waals surface area contributed by atoms with E-state index in [1.165, 1.54) is 58.2 Å². The molecule has 2 atom stereocenters. The zero-order valence-corrected chi connectivity index (χ0v) is 12.5. The Morgan fingerprint density at radius 2 is 1.78 bits per heavy atom. The van der Waals surface area contributed by atoms with Crippen molar-refractivity contribution in [3.8, 4) is 0 Å². The molecule has 0 bridgehead atoms. The van der Waals surface area contributed by atoms with Crippen molar-refractivity contribution in [1.29, 1.82) is 0 Å². The molecule has 0 aromatic heterocycles. The minimum absolute atomic E-state index is 0.718. The Balaban J connectivity index is 1.80. The summed E-state index contributed by atoms with van der Waals surface area (Å²) in [5.41, 5.74) is 0. The van der Waals surface area contributed by atoms with E-state index in [1.54, 1.807) is 0 Å². The predicted octanol–water partition coefficient (Wildman–Crippen LogP) is 1.79. The van der Waals surface area contributed by atoms with Gasteiger partial charge in [-0.3, -0.25) is 0 Å². The Kier molecular flexibility index (Phi) is 5.46. The second kappa shape index (κ2) is 6.88. The van der Waals surface area contributed by atoms with Crippen molar-refractivity contribution in [2.24, 2.45) is 5.92 Å². The standard InChI is InChI=1S/C15H31N3/c1-16-14-6-4-5-7-15(14)18(3)12-13-8-10-17(2)11-9-13/h13-16H,4-12H2,1-3H3. The second-order valence-corrected chi connectivity index (χ2v) is 6.43. The van der Waals surface area contributed by atoms with Crippen LogP contribution in [0.3, 0.4) is 0 Å². The zero-order valence-electron chi connectivity index (χ0n) is 12.5. The molecule has 0 amide bonds. The van der Waals surface area contributed by atoms with Gasteiger partial charge in [-0.1, -0.05) is 12.8 Å². The molecule has 1 aliphatic heterocycles. The smallest absolute Gasteiger partial charge is 0.0246 e. The highest BCUT2D eigenvalue weighted by Gasteiger charge is 2.28. The van der Waals surface area contributed by atoms with Gasteiger partial charge in [0.05, 0.1) is 0 Å². The van der Waals surface area contributed by atoms with Gasteiger partial charge < -0.3 is 15.1 Å². The third-order valence-corrected chi connectivity index (χ3v) is 5.05. The molecule has 1 aliphatic carbocycles. The third kappa shape index (κ3) is 3.69. The fourth-order valence-electron chi connectivity index (χ4n) is 3.76. The zero-order chi connectivity index (χ0) is 13.0. The number of nitrogens with zero attached hydrogens (tertiary/aromatic N) is 2. The van der Waals surface area contributed by atoms with E-state index in [0.717, 1.165) is 18.0 Å².